The van der Waals surface area contributed by atoms with Crippen molar-refractivity contribution in [3.63, 3.8) is 0 Å². The Hall–Kier alpha value is -5.11. The van der Waals surface area contributed by atoms with Crippen molar-refractivity contribution < 1.29 is 14.3 Å². The van der Waals surface area contributed by atoms with E-state index in [-0.39, 0.29) is 28.0 Å². The van der Waals surface area contributed by atoms with E-state index >= 15 is 0 Å². The highest BCUT2D eigenvalue weighted by molar-refractivity contribution is 6.03. The Balaban J connectivity index is 0.000000405. The number of aliphatic imine (C=N–C) groups is 1. The molecule has 1 aliphatic carbocycles. The van der Waals surface area contributed by atoms with E-state index in [9.17, 15) is 9.59 Å². The molecule has 1 amide bonds. The Kier molecular flexibility index (Phi) is 24.2. The SMILES string of the molecule is CC.CC.CC.CC.CC(C)(C)N=C1CCCc2ccccc21.CC(C)(C)c1ccc2c(c1)OCO2.CC(C)(C)c1cccc2[nH]c(=O)[nH]c12.CC(C)c1cccc2c1CCC(=O)N2. The standard InChI is InChI=1S/C14H19N.C12H15NO.C11H14N2O.C11H14O2.4C2H6/c1-14(2,3)15-13-10-6-8-11-7-4-5-9-12(11)13;1-8(2)9-4-3-5-11-10(9)6-7-12(14)13-11;1-11(2,3)7-5-4-6-8-9(7)13-10(14)12-8;1-11(2,3)8-4-5-9-10(6-8)13-7-12-9;4*1-2/h4-5,7,9H,6,8,10H2,1-3H3;3-5,8H,6-7H2,1-2H3,(H,13,14);4-6H,1-3H3,(H2,12,13,14);4-6H,7H2,1-3H3;4*1-2H3. The van der Waals surface area contributed by atoms with Crippen LogP contribution >= 0.6 is 0 Å². The van der Waals surface area contributed by atoms with Crippen LogP contribution < -0.4 is 20.5 Å². The maximum absolute atomic E-state index is 11.2. The summed E-state index contributed by atoms with van der Waals surface area (Å²) in [6.45, 7) is 40.2. The third-order valence-corrected chi connectivity index (χ3v) is 9.97. The lowest BCUT2D eigenvalue weighted by molar-refractivity contribution is -0.116. The number of carbonyl (C=O) groups excluding carboxylic acids is 1. The second-order valence-electron chi connectivity index (χ2n) is 18.2. The molecule has 8 heteroatoms. The van der Waals surface area contributed by atoms with Crippen molar-refractivity contribution in [2.24, 2.45) is 4.99 Å². The van der Waals surface area contributed by atoms with Crippen molar-refractivity contribution in [3.8, 4) is 11.5 Å². The molecule has 3 N–H and O–H groups in total. The van der Waals surface area contributed by atoms with Gasteiger partial charge in [-0.2, -0.15) is 0 Å². The highest BCUT2D eigenvalue weighted by Crippen LogP contribution is 2.36. The van der Waals surface area contributed by atoms with Crippen LogP contribution in [0, 0.1) is 0 Å². The number of aryl methyl sites for hydroxylation is 1. The predicted molar refractivity (Wildman–Crippen MR) is 277 cm³/mol. The summed E-state index contributed by atoms with van der Waals surface area (Å²) in [5, 5.41) is 2.92. The van der Waals surface area contributed by atoms with Gasteiger partial charge in [0.15, 0.2) is 11.5 Å². The number of H-pyrrole nitrogens is 2. The van der Waals surface area contributed by atoms with Gasteiger partial charge in [0.1, 0.15) is 0 Å². The summed E-state index contributed by atoms with van der Waals surface area (Å²) in [6.07, 6.45) is 5.09. The number of hydrogen-bond acceptors (Lipinski definition) is 5. The minimum Gasteiger partial charge on any atom is -0.454 e. The smallest absolute Gasteiger partial charge is 0.323 e. The highest BCUT2D eigenvalue weighted by atomic mass is 16.7. The minimum absolute atomic E-state index is 0.0415. The third kappa shape index (κ3) is 17.5. The lowest BCUT2D eigenvalue weighted by Crippen LogP contribution is -2.20. The van der Waals surface area contributed by atoms with Crippen LogP contribution in [0.4, 0.5) is 5.69 Å². The molecule has 64 heavy (non-hydrogen) atoms. The van der Waals surface area contributed by atoms with Gasteiger partial charge < -0.3 is 24.8 Å². The van der Waals surface area contributed by atoms with E-state index in [0.717, 1.165) is 46.6 Å². The molecule has 4 aromatic carbocycles. The summed E-state index contributed by atoms with van der Waals surface area (Å²) in [5.41, 5.74) is 12.2. The lowest BCUT2D eigenvalue weighted by atomic mass is 9.86. The Labute approximate surface area is 388 Å². The largest absolute Gasteiger partial charge is 0.454 e. The maximum atomic E-state index is 11.2. The van der Waals surface area contributed by atoms with Crippen LogP contribution in [-0.2, 0) is 28.5 Å². The van der Waals surface area contributed by atoms with Crippen molar-refractivity contribution in [1.29, 1.82) is 0 Å². The first-order valence-corrected chi connectivity index (χ1v) is 24.0. The molecule has 1 aromatic heterocycles. The molecule has 8 nitrogen and oxygen atoms in total. The molecule has 5 aromatic rings. The monoisotopic (exact) mass is 879 g/mol. The first-order valence-electron chi connectivity index (χ1n) is 24.0. The first-order chi connectivity index (χ1) is 30.3. The van der Waals surface area contributed by atoms with Crippen molar-refractivity contribution >= 4 is 28.3 Å². The molecule has 0 fully saturated rings. The number of imidazole rings is 1. The molecule has 0 spiro atoms. The Morgan fingerprint density at radius 2 is 1.25 bits per heavy atom. The fourth-order valence-electron chi connectivity index (χ4n) is 7.16. The number of hydrogen-bond donors (Lipinski definition) is 3. The summed E-state index contributed by atoms with van der Waals surface area (Å²) < 4.78 is 10.6. The van der Waals surface area contributed by atoms with Crippen LogP contribution in [0.2, 0.25) is 0 Å². The minimum atomic E-state index is -0.142. The van der Waals surface area contributed by atoms with Gasteiger partial charge in [-0.3, -0.25) is 9.79 Å². The molecule has 0 unspecified atom stereocenters. The van der Waals surface area contributed by atoms with Crippen LogP contribution in [-0.4, -0.2) is 33.9 Å². The zero-order chi connectivity index (χ0) is 48.8. The quantitative estimate of drug-likeness (QED) is 0.156. The number of benzene rings is 4. The van der Waals surface area contributed by atoms with Crippen LogP contribution in [0.1, 0.15) is 190 Å². The molecule has 3 aliphatic rings. The van der Waals surface area contributed by atoms with Gasteiger partial charge in [-0.25, -0.2) is 4.79 Å². The van der Waals surface area contributed by atoms with E-state index in [0.29, 0.717) is 19.1 Å². The number of aromatic amines is 2. The van der Waals surface area contributed by atoms with E-state index in [4.69, 9.17) is 14.5 Å². The Morgan fingerprint density at radius 1 is 0.625 bits per heavy atom. The van der Waals surface area contributed by atoms with Crippen molar-refractivity contribution in [1.82, 2.24) is 9.97 Å². The number of para-hydroxylation sites is 1. The highest BCUT2D eigenvalue weighted by Gasteiger charge is 2.21. The molecule has 8 rings (SSSR count). The molecule has 3 heterocycles. The van der Waals surface area contributed by atoms with E-state index < -0.39 is 0 Å². The number of carbonyl (C=O) groups is 1. The van der Waals surface area contributed by atoms with E-state index in [2.05, 4.69) is 134 Å². The summed E-state index contributed by atoms with van der Waals surface area (Å²) in [7, 11) is 0. The molecule has 0 bridgehead atoms. The Bertz CT molecular complexity index is 2220. The number of nitrogens with zero attached hydrogens (tertiary/aromatic N) is 1. The molecular formula is C56H86N4O4. The number of rotatable bonds is 1. The van der Waals surface area contributed by atoms with Gasteiger partial charge in [0.05, 0.1) is 16.6 Å². The number of ether oxygens (including phenoxy) is 2. The van der Waals surface area contributed by atoms with Gasteiger partial charge in [-0.1, -0.05) is 165 Å². The Morgan fingerprint density at radius 3 is 1.86 bits per heavy atom. The number of aromatic nitrogens is 2. The van der Waals surface area contributed by atoms with Crippen LogP contribution in [0.5, 0.6) is 11.5 Å². The van der Waals surface area contributed by atoms with E-state index in [1.165, 1.54) is 46.4 Å². The van der Waals surface area contributed by atoms with Crippen molar-refractivity contribution in [2.75, 3.05) is 12.1 Å². The maximum Gasteiger partial charge on any atom is 0.323 e. The first kappa shape index (κ1) is 56.9. The average molecular weight is 879 g/mol. The number of nitrogens with one attached hydrogen (secondary N) is 3. The lowest BCUT2D eigenvalue weighted by Gasteiger charge is -2.22. The number of fused-ring (bicyclic) bond motifs is 4. The van der Waals surface area contributed by atoms with Crippen molar-refractivity contribution in [2.45, 2.75) is 186 Å². The van der Waals surface area contributed by atoms with Gasteiger partial charge in [-0.05, 0) is 121 Å². The third-order valence-electron chi connectivity index (χ3n) is 9.97. The fraction of sp³-hybridized carbons (Fsp3) is 0.518. The molecule has 2 aliphatic heterocycles. The van der Waals surface area contributed by atoms with Crippen LogP contribution in [0.15, 0.2) is 88.6 Å². The molecule has 0 atom stereocenters. The van der Waals surface area contributed by atoms with E-state index in [1.54, 1.807) is 0 Å². The van der Waals surface area contributed by atoms with Gasteiger partial charge in [-0.15, -0.1) is 0 Å². The molecule has 0 saturated carbocycles. The van der Waals surface area contributed by atoms with Gasteiger partial charge >= 0.3 is 5.69 Å². The normalized spacial score (nSPS) is 13.8. The van der Waals surface area contributed by atoms with Gasteiger partial charge in [0.25, 0.3) is 0 Å². The van der Waals surface area contributed by atoms with Crippen molar-refractivity contribution in [3.05, 3.63) is 123 Å². The molecule has 0 saturated heterocycles. The van der Waals surface area contributed by atoms with Crippen LogP contribution in [0.25, 0.3) is 11.0 Å². The second-order valence-corrected chi connectivity index (χ2v) is 18.2. The predicted octanol–water partition coefficient (Wildman–Crippen LogP) is 15.3. The van der Waals surface area contributed by atoms with Crippen LogP contribution in [0.3, 0.4) is 0 Å². The molecule has 0 radical (unpaired) electrons. The fourth-order valence-corrected chi connectivity index (χ4v) is 7.16. The van der Waals surface area contributed by atoms with Gasteiger partial charge in [0, 0.05) is 17.8 Å². The second kappa shape index (κ2) is 27.3. The molecular weight excluding hydrogens is 793 g/mol. The summed E-state index contributed by atoms with van der Waals surface area (Å²) in [6, 6.07) is 26.9. The number of anilines is 1. The number of amides is 1. The van der Waals surface area contributed by atoms with E-state index in [1.807, 2.05) is 91.8 Å². The summed E-state index contributed by atoms with van der Waals surface area (Å²) >= 11 is 0. The summed E-state index contributed by atoms with van der Waals surface area (Å²) in [4.78, 5) is 32.8. The van der Waals surface area contributed by atoms with Gasteiger partial charge in [0.2, 0.25) is 12.7 Å². The zero-order valence-electron chi connectivity index (χ0n) is 43.4. The topological polar surface area (TPSA) is 109 Å². The summed E-state index contributed by atoms with van der Waals surface area (Å²) in [5.74, 6) is 2.39. The average Bonchev–Trinajstić information content (AvgIpc) is 3.91. The molecule has 354 valence electrons. The zero-order valence-corrected chi connectivity index (χ0v) is 43.4.